The molecule has 3 aromatic carbocycles. The Balaban J connectivity index is 0.000000745. The number of alkyl halides is 3. The molecule has 6 N–H and O–H groups in total. The summed E-state index contributed by atoms with van der Waals surface area (Å²) in [7, 11) is -3.64. The topological polar surface area (TPSA) is 186 Å². The number of nitrogen functional groups attached to an aromatic ring is 1. The zero-order valence-electron chi connectivity index (χ0n) is 21.6. The van der Waals surface area contributed by atoms with E-state index >= 15 is 0 Å². The highest BCUT2D eigenvalue weighted by molar-refractivity contribution is 7.88. The van der Waals surface area contributed by atoms with Crippen molar-refractivity contribution in [3.05, 3.63) is 95.1 Å². The number of amides is 1. The van der Waals surface area contributed by atoms with Crippen molar-refractivity contribution in [2.45, 2.75) is 25.2 Å². The molecule has 0 unspecified atom stereocenters. The average Bonchev–Trinajstić information content (AvgIpc) is 2.91. The normalized spacial score (nSPS) is 11.8. The lowest BCUT2D eigenvalue weighted by Gasteiger charge is -2.18. The van der Waals surface area contributed by atoms with Crippen molar-refractivity contribution in [1.82, 2.24) is 10.0 Å². The van der Waals surface area contributed by atoms with E-state index in [9.17, 15) is 31.6 Å². The van der Waals surface area contributed by atoms with Gasteiger partial charge in [0, 0.05) is 12.1 Å². The first kappa shape index (κ1) is 32.5. The molecule has 0 aliphatic heterocycles. The molecule has 1 atom stereocenters. The van der Waals surface area contributed by atoms with Gasteiger partial charge in [-0.3, -0.25) is 10.2 Å². The summed E-state index contributed by atoms with van der Waals surface area (Å²) in [5.74, 6) is -3.34. The van der Waals surface area contributed by atoms with Crippen LogP contribution in [0.5, 0.6) is 0 Å². The monoisotopic (exact) mass is 589 g/mol. The molecule has 0 saturated heterocycles. The van der Waals surface area contributed by atoms with Crippen LogP contribution in [-0.4, -0.2) is 49.7 Å². The zero-order chi connectivity index (χ0) is 30.8. The molecular weight excluding hydrogens is 563 g/mol. The molecule has 0 aliphatic rings. The van der Waals surface area contributed by atoms with Crippen molar-refractivity contribution in [3.63, 3.8) is 0 Å². The van der Waals surface area contributed by atoms with Gasteiger partial charge >= 0.3 is 12.1 Å². The average molecular weight is 590 g/mol. The molecule has 216 valence electrons. The molecule has 3 rings (SSSR count). The summed E-state index contributed by atoms with van der Waals surface area (Å²) in [6.07, 6.45) is -3.99. The van der Waals surface area contributed by atoms with Crippen molar-refractivity contribution in [2.75, 3.05) is 6.26 Å². The third-order valence-electron chi connectivity index (χ3n) is 5.37. The summed E-state index contributed by atoms with van der Waals surface area (Å²) in [5, 5.41) is 26.8. The second kappa shape index (κ2) is 14.1. The molecule has 41 heavy (non-hydrogen) atoms. The number of hydrogen-bond acceptors (Lipinski definition) is 6. The van der Waals surface area contributed by atoms with Crippen LogP contribution < -0.4 is 15.8 Å². The van der Waals surface area contributed by atoms with Gasteiger partial charge in [0.25, 0.3) is 0 Å². The van der Waals surface area contributed by atoms with Crippen LogP contribution >= 0.6 is 0 Å². The Kier molecular flexibility index (Phi) is 11.1. The number of carbonyl (C=O) groups excluding carboxylic acids is 1. The van der Waals surface area contributed by atoms with Gasteiger partial charge < -0.3 is 16.2 Å². The van der Waals surface area contributed by atoms with Gasteiger partial charge in [-0.1, -0.05) is 60.7 Å². The predicted octanol–water partition coefficient (Wildman–Crippen LogP) is 2.92. The van der Waals surface area contributed by atoms with Gasteiger partial charge in [0.15, 0.2) is 0 Å². The van der Waals surface area contributed by atoms with Crippen LogP contribution in [0.15, 0.2) is 72.8 Å². The molecule has 3 aromatic rings. The number of aliphatic carboxylic acids is 1. The molecule has 0 bridgehead atoms. The minimum Gasteiger partial charge on any atom is -0.475 e. The van der Waals surface area contributed by atoms with Crippen molar-refractivity contribution < 1.29 is 36.3 Å². The summed E-state index contributed by atoms with van der Waals surface area (Å²) < 4.78 is 57.8. The van der Waals surface area contributed by atoms with Crippen molar-refractivity contribution in [3.8, 4) is 17.2 Å². The molecule has 0 fully saturated rings. The van der Waals surface area contributed by atoms with Gasteiger partial charge in [0.05, 0.1) is 17.9 Å². The van der Waals surface area contributed by atoms with Crippen LogP contribution in [0, 0.1) is 16.7 Å². The fourth-order valence-electron chi connectivity index (χ4n) is 3.49. The van der Waals surface area contributed by atoms with Gasteiger partial charge in [-0.25, -0.2) is 17.9 Å². The molecule has 0 aromatic heterocycles. The maximum Gasteiger partial charge on any atom is 0.490 e. The molecule has 1 amide bonds. The fourth-order valence-corrected chi connectivity index (χ4v) is 4.20. The molecule has 0 aliphatic carbocycles. The standard InChI is InChI=1S/C25H25N5O3S.C2HF3O2/c1-34(32,33)30-23(14-18-5-4-7-20(13-18)24(27)28)25(31)29-16-17-9-11-19(12-10-17)22-8-3-2-6-21(22)15-26;3-2(4,5)1(6)7/h2-13,23,30H,14,16H2,1H3,(H3,27,28)(H,29,31);(H,6,7)/t23-;/m0./s1. The maximum absolute atomic E-state index is 12.8. The second-order valence-corrected chi connectivity index (χ2v) is 10.4. The number of carboxylic acid groups (broad SMARTS) is 1. The number of rotatable bonds is 9. The van der Waals surface area contributed by atoms with Crippen molar-refractivity contribution in [2.24, 2.45) is 5.73 Å². The quantitative estimate of drug-likeness (QED) is 0.187. The Hall–Kier alpha value is -4.74. The van der Waals surface area contributed by atoms with Gasteiger partial charge in [-0.05, 0) is 40.8 Å². The highest BCUT2D eigenvalue weighted by Crippen LogP contribution is 2.23. The summed E-state index contributed by atoms with van der Waals surface area (Å²) in [6.45, 7) is 0.203. The number of nitrogens with zero attached hydrogens (tertiary/aromatic N) is 1. The molecule has 0 spiro atoms. The van der Waals surface area contributed by atoms with Gasteiger partial charge in [0.2, 0.25) is 15.9 Å². The Morgan fingerprint density at radius 2 is 1.66 bits per heavy atom. The first-order chi connectivity index (χ1) is 19.1. The zero-order valence-corrected chi connectivity index (χ0v) is 22.4. The Bertz CT molecular complexity index is 1550. The number of hydrogen-bond donors (Lipinski definition) is 5. The Morgan fingerprint density at radius 1 is 1.05 bits per heavy atom. The fraction of sp³-hybridized carbons (Fsp3) is 0.185. The number of nitriles is 1. The molecular formula is C27H26F3N5O5S. The number of carboxylic acids is 1. The minimum atomic E-state index is -5.08. The number of halogens is 3. The van der Waals surface area contributed by atoms with Crippen molar-refractivity contribution >= 4 is 27.7 Å². The molecule has 10 nitrogen and oxygen atoms in total. The van der Waals surface area contributed by atoms with Crippen molar-refractivity contribution in [1.29, 1.82) is 10.7 Å². The maximum atomic E-state index is 12.8. The lowest BCUT2D eigenvalue weighted by molar-refractivity contribution is -0.192. The van der Waals surface area contributed by atoms with E-state index < -0.39 is 34.1 Å². The second-order valence-electron chi connectivity index (χ2n) is 8.64. The number of carbonyl (C=O) groups is 2. The van der Waals surface area contributed by atoms with Crippen LogP contribution in [0.4, 0.5) is 13.2 Å². The molecule has 0 saturated carbocycles. The van der Waals surface area contributed by atoms with E-state index in [4.69, 9.17) is 21.0 Å². The van der Waals surface area contributed by atoms with E-state index in [2.05, 4.69) is 16.1 Å². The smallest absolute Gasteiger partial charge is 0.475 e. The SMILES string of the molecule is CS(=O)(=O)N[C@@H](Cc1cccc(C(=N)N)c1)C(=O)NCc1ccc(-c2ccccc2C#N)cc1.O=C(O)C(F)(F)F. The van der Waals surface area contributed by atoms with E-state index in [1.54, 1.807) is 30.3 Å². The first-order valence-electron chi connectivity index (χ1n) is 11.7. The van der Waals surface area contributed by atoms with Gasteiger partial charge in [-0.2, -0.15) is 18.4 Å². The molecule has 0 radical (unpaired) electrons. The molecule has 0 heterocycles. The highest BCUT2D eigenvalue weighted by Gasteiger charge is 2.38. The highest BCUT2D eigenvalue weighted by atomic mass is 32.2. The number of nitrogens with one attached hydrogen (secondary N) is 3. The van der Waals surface area contributed by atoms with Crippen LogP contribution in [0.1, 0.15) is 22.3 Å². The van der Waals surface area contributed by atoms with E-state index in [-0.39, 0.29) is 18.8 Å². The minimum absolute atomic E-state index is 0.101. The first-order valence-corrected chi connectivity index (χ1v) is 13.6. The summed E-state index contributed by atoms with van der Waals surface area (Å²) >= 11 is 0. The van der Waals surface area contributed by atoms with E-state index in [1.165, 1.54) is 0 Å². The number of nitrogens with two attached hydrogens (primary N) is 1. The number of benzene rings is 3. The summed E-state index contributed by atoms with van der Waals surface area (Å²) in [6, 6.07) is 22.7. The predicted molar refractivity (Wildman–Crippen MR) is 145 cm³/mol. The lowest BCUT2D eigenvalue weighted by Crippen LogP contribution is -2.47. The number of sulfonamides is 1. The largest absolute Gasteiger partial charge is 0.490 e. The van der Waals surface area contributed by atoms with E-state index in [0.717, 1.165) is 22.9 Å². The molecule has 14 heteroatoms. The summed E-state index contributed by atoms with van der Waals surface area (Å²) in [5.41, 5.74) is 9.80. The third-order valence-corrected chi connectivity index (χ3v) is 6.09. The third kappa shape index (κ3) is 10.7. The van der Waals surface area contributed by atoms with Crippen LogP contribution in [-0.2, 0) is 32.6 Å². The van der Waals surface area contributed by atoms with Crippen LogP contribution in [0.2, 0.25) is 0 Å². The Labute approximate surface area is 234 Å². The van der Waals surface area contributed by atoms with E-state index in [1.807, 2.05) is 42.5 Å². The van der Waals surface area contributed by atoms with Gasteiger partial charge in [0.1, 0.15) is 11.9 Å². The summed E-state index contributed by atoms with van der Waals surface area (Å²) in [4.78, 5) is 21.7. The van der Waals surface area contributed by atoms with Crippen LogP contribution in [0.3, 0.4) is 0 Å². The van der Waals surface area contributed by atoms with E-state index in [0.29, 0.717) is 16.7 Å². The lowest BCUT2D eigenvalue weighted by atomic mass is 9.99. The number of amidine groups is 1. The van der Waals surface area contributed by atoms with Gasteiger partial charge in [-0.15, -0.1) is 0 Å². The van der Waals surface area contributed by atoms with Crippen LogP contribution in [0.25, 0.3) is 11.1 Å². The Morgan fingerprint density at radius 3 is 2.20 bits per heavy atom.